The van der Waals surface area contributed by atoms with Gasteiger partial charge in [-0.1, -0.05) is 24.3 Å². The van der Waals surface area contributed by atoms with Crippen LogP contribution in [0.1, 0.15) is 48.8 Å². The van der Waals surface area contributed by atoms with Crippen LogP contribution >= 0.6 is 11.3 Å². The molecule has 42 heavy (non-hydrogen) atoms. The number of hydrogen-bond donors (Lipinski definition) is 2. The zero-order chi connectivity index (χ0) is 30.2. The quantitative estimate of drug-likeness (QED) is 0.305. The molecule has 0 fully saturated rings. The van der Waals surface area contributed by atoms with Crippen molar-refractivity contribution in [2.24, 2.45) is 0 Å². The van der Waals surface area contributed by atoms with Crippen molar-refractivity contribution >= 4 is 49.8 Å². The second-order valence-electron chi connectivity index (χ2n) is 10.8. The Morgan fingerprint density at radius 2 is 1.86 bits per heavy atom. The molecule has 1 aliphatic rings. The van der Waals surface area contributed by atoms with Crippen LogP contribution in [0.15, 0.2) is 68.4 Å². The van der Waals surface area contributed by atoms with Crippen molar-refractivity contribution in [3.8, 4) is 5.69 Å². The number of benzene rings is 2. The first-order chi connectivity index (χ1) is 19.9. The topological polar surface area (TPSA) is 148 Å². The molecule has 0 unspecified atom stereocenters. The summed E-state index contributed by atoms with van der Waals surface area (Å²) in [6.07, 6.45) is 1.37. The van der Waals surface area contributed by atoms with Gasteiger partial charge in [-0.2, -0.15) is 0 Å². The first-order valence-electron chi connectivity index (χ1n) is 13.3. The minimum atomic E-state index is -4.01. The van der Waals surface area contributed by atoms with Crippen molar-refractivity contribution in [3.63, 3.8) is 0 Å². The molecule has 0 radical (unpaired) electrons. The van der Waals surface area contributed by atoms with Crippen LogP contribution in [0.4, 0.5) is 5.69 Å². The van der Waals surface area contributed by atoms with Crippen LogP contribution in [-0.2, 0) is 26.0 Å². The van der Waals surface area contributed by atoms with E-state index in [0.29, 0.717) is 18.7 Å². The number of aromatic amines is 1. The average molecular weight is 611 g/mol. The maximum Gasteiger partial charge on any atom is 0.333 e. The molecule has 5 rings (SSSR count). The van der Waals surface area contributed by atoms with Crippen LogP contribution in [0, 0.1) is 0 Å². The zero-order valence-electron chi connectivity index (χ0n) is 23.3. The molecule has 4 aromatic rings. The van der Waals surface area contributed by atoms with Crippen molar-refractivity contribution < 1.29 is 22.7 Å². The number of carbonyl (C=O) groups is 2. The van der Waals surface area contributed by atoms with E-state index in [9.17, 15) is 27.6 Å². The van der Waals surface area contributed by atoms with Crippen LogP contribution in [0.3, 0.4) is 0 Å². The van der Waals surface area contributed by atoms with Crippen LogP contribution < -0.4 is 20.9 Å². The summed E-state index contributed by atoms with van der Waals surface area (Å²) in [5.74, 6) is -1.07. The molecule has 0 bridgehead atoms. The number of aryl methyl sites for hydroxylation is 1. The summed E-state index contributed by atoms with van der Waals surface area (Å²) in [4.78, 5) is 54.2. The summed E-state index contributed by atoms with van der Waals surface area (Å²) in [6, 6.07) is 12.9. The molecule has 0 saturated carbocycles. The van der Waals surface area contributed by atoms with E-state index in [4.69, 9.17) is 4.74 Å². The predicted molar refractivity (Wildman–Crippen MR) is 160 cm³/mol. The lowest BCUT2D eigenvalue weighted by Crippen LogP contribution is -2.36. The highest BCUT2D eigenvalue weighted by atomic mass is 32.2. The number of amides is 1. The van der Waals surface area contributed by atoms with E-state index in [1.165, 1.54) is 34.0 Å². The molecule has 13 heteroatoms. The SMILES string of the molecule is CC(C)(C)OC(=O)CCNC(=O)c1scc2[nH]c(=O)n(-c3cccc(S(=O)(=O)N4CCCc5ccccc54)c3)c(=O)c12. The van der Waals surface area contributed by atoms with Gasteiger partial charge in [0, 0.05) is 18.5 Å². The van der Waals surface area contributed by atoms with E-state index in [1.807, 2.05) is 12.1 Å². The highest BCUT2D eigenvalue weighted by molar-refractivity contribution is 7.92. The number of rotatable bonds is 7. The number of thiophene rings is 1. The van der Waals surface area contributed by atoms with Gasteiger partial charge in [-0.05, 0) is 63.4 Å². The minimum absolute atomic E-state index is 0.00971. The van der Waals surface area contributed by atoms with Crippen LogP contribution in [-0.4, -0.2) is 48.5 Å². The number of carbonyl (C=O) groups excluding carboxylic acids is 2. The number of nitrogens with one attached hydrogen (secondary N) is 2. The smallest absolute Gasteiger partial charge is 0.333 e. The number of hydrogen-bond acceptors (Lipinski definition) is 8. The summed E-state index contributed by atoms with van der Waals surface area (Å²) in [5, 5.41) is 4.08. The third kappa shape index (κ3) is 5.74. The summed E-state index contributed by atoms with van der Waals surface area (Å²) in [6.45, 7) is 5.52. The van der Waals surface area contributed by atoms with Gasteiger partial charge in [0.1, 0.15) is 10.5 Å². The summed E-state index contributed by atoms with van der Waals surface area (Å²) in [7, 11) is -4.01. The van der Waals surface area contributed by atoms with E-state index in [2.05, 4.69) is 10.3 Å². The molecular weight excluding hydrogens is 580 g/mol. The number of para-hydroxylation sites is 1. The van der Waals surface area contributed by atoms with Gasteiger partial charge < -0.3 is 15.0 Å². The molecule has 1 aliphatic heterocycles. The molecule has 0 aliphatic carbocycles. The van der Waals surface area contributed by atoms with E-state index in [0.717, 1.165) is 27.9 Å². The molecular formula is C29H30N4O7S2. The van der Waals surface area contributed by atoms with E-state index in [1.54, 1.807) is 32.9 Å². The van der Waals surface area contributed by atoms with Crippen molar-refractivity contribution in [1.82, 2.24) is 14.9 Å². The van der Waals surface area contributed by atoms with Crippen molar-refractivity contribution in [1.29, 1.82) is 0 Å². The largest absolute Gasteiger partial charge is 0.460 e. The first-order valence-corrected chi connectivity index (χ1v) is 15.7. The van der Waals surface area contributed by atoms with Gasteiger partial charge in [0.15, 0.2) is 0 Å². The zero-order valence-corrected chi connectivity index (χ0v) is 24.9. The lowest BCUT2D eigenvalue weighted by Gasteiger charge is -2.30. The Bertz CT molecular complexity index is 1920. The van der Waals surface area contributed by atoms with E-state index >= 15 is 0 Å². The van der Waals surface area contributed by atoms with Gasteiger partial charge in [-0.3, -0.25) is 18.7 Å². The Hall–Kier alpha value is -4.23. The number of ether oxygens (including phenoxy) is 1. The Morgan fingerprint density at radius 1 is 1.10 bits per heavy atom. The molecule has 1 amide bonds. The van der Waals surface area contributed by atoms with Crippen molar-refractivity contribution in [2.75, 3.05) is 17.4 Å². The fourth-order valence-electron chi connectivity index (χ4n) is 4.85. The molecule has 2 aromatic carbocycles. The normalized spacial score (nSPS) is 13.5. The van der Waals surface area contributed by atoms with Crippen molar-refractivity contribution in [2.45, 2.75) is 50.5 Å². The van der Waals surface area contributed by atoms with Gasteiger partial charge >= 0.3 is 11.7 Å². The summed E-state index contributed by atoms with van der Waals surface area (Å²) >= 11 is 0.972. The Balaban J connectivity index is 1.47. The third-order valence-electron chi connectivity index (χ3n) is 6.63. The number of nitrogens with zero attached hydrogens (tertiary/aromatic N) is 2. The van der Waals surface area contributed by atoms with Gasteiger partial charge in [0.25, 0.3) is 21.5 Å². The number of aromatic nitrogens is 2. The number of sulfonamides is 1. The molecule has 11 nitrogen and oxygen atoms in total. The Labute approximate surface area is 245 Å². The van der Waals surface area contributed by atoms with Crippen molar-refractivity contribution in [3.05, 3.63) is 85.2 Å². The molecule has 0 spiro atoms. The van der Waals surface area contributed by atoms with E-state index in [-0.39, 0.29) is 39.3 Å². The molecule has 220 valence electrons. The highest BCUT2D eigenvalue weighted by Crippen LogP contribution is 2.32. The molecule has 3 heterocycles. The van der Waals surface area contributed by atoms with Crippen LogP contribution in [0.2, 0.25) is 0 Å². The lowest BCUT2D eigenvalue weighted by molar-refractivity contribution is -0.154. The average Bonchev–Trinajstić information content (AvgIpc) is 3.36. The summed E-state index contributed by atoms with van der Waals surface area (Å²) < 4.78 is 34.8. The van der Waals surface area contributed by atoms with Crippen LogP contribution in [0.5, 0.6) is 0 Å². The Kier molecular flexibility index (Phi) is 7.82. The number of fused-ring (bicyclic) bond motifs is 2. The summed E-state index contributed by atoms with van der Waals surface area (Å²) in [5.41, 5.74) is -0.460. The molecule has 2 N–H and O–H groups in total. The lowest BCUT2D eigenvalue weighted by atomic mass is 10.0. The third-order valence-corrected chi connectivity index (χ3v) is 9.41. The maximum atomic E-state index is 13.7. The van der Waals surface area contributed by atoms with Gasteiger partial charge in [-0.15, -0.1) is 11.3 Å². The second-order valence-corrected chi connectivity index (χ2v) is 13.6. The second kappa shape index (κ2) is 11.2. The minimum Gasteiger partial charge on any atom is -0.460 e. The number of H-pyrrole nitrogens is 1. The fraction of sp³-hybridized carbons (Fsp3) is 0.310. The fourth-order valence-corrected chi connectivity index (χ4v) is 7.34. The Morgan fingerprint density at radius 3 is 2.62 bits per heavy atom. The monoisotopic (exact) mass is 610 g/mol. The molecule has 0 saturated heterocycles. The van der Waals surface area contributed by atoms with Gasteiger partial charge in [-0.25, -0.2) is 17.8 Å². The predicted octanol–water partition coefficient (Wildman–Crippen LogP) is 3.34. The van der Waals surface area contributed by atoms with Gasteiger partial charge in [0.05, 0.1) is 33.6 Å². The van der Waals surface area contributed by atoms with Gasteiger partial charge in [0.2, 0.25) is 0 Å². The highest BCUT2D eigenvalue weighted by Gasteiger charge is 2.29. The molecule has 0 atom stereocenters. The number of esters is 1. The molecule has 2 aromatic heterocycles. The maximum absolute atomic E-state index is 13.7. The number of anilines is 1. The standard InChI is InChI=1S/C29H30N4O7S2/c1-29(2,3)40-23(34)13-14-30-26(35)25-24-21(17-41-25)31-28(37)33(27(24)36)19-10-6-11-20(16-19)42(38,39)32-15-7-9-18-8-4-5-12-22(18)32/h4-6,8,10-12,16-17H,7,9,13-15H2,1-3H3,(H,30,35)(H,31,37). The first kappa shape index (κ1) is 29.3. The van der Waals surface area contributed by atoms with Crippen LogP contribution in [0.25, 0.3) is 16.6 Å². The van der Waals surface area contributed by atoms with E-state index < -0.39 is 38.7 Å².